The molecule has 146 valence electrons. The van der Waals surface area contributed by atoms with E-state index in [4.69, 9.17) is 14.5 Å². The van der Waals surface area contributed by atoms with Gasteiger partial charge < -0.3 is 15.0 Å². The smallest absolute Gasteiger partial charge is 0.204 e. The highest BCUT2D eigenvalue weighted by Gasteiger charge is 2.44. The molecule has 0 atom stereocenters. The minimum absolute atomic E-state index is 0.363. The second-order valence-electron chi connectivity index (χ2n) is 8.27. The van der Waals surface area contributed by atoms with E-state index >= 15 is 0 Å². The van der Waals surface area contributed by atoms with Crippen molar-refractivity contribution < 1.29 is 14.5 Å². The second-order valence-corrected chi connectivity index (χ2v) is 8.27. The lowest BCUT2D eigenvalue weighted by Gasteiger charge is -2.45. The molecule has 0 saturated carbocycles. The monoisotopic (exact) mass is 371 g/mol. The number of benzene rings is 1. The van der Waals surface area contributed by atoms with Crippen molar-refractivity contribution in [2.24, 2.45) is 0 Å². The number of piperidine rings is 1. The van der Waals surface area contributed by atoms with Gasteiger partial charge in [0, 0.05) is 56.3 Å². The van der Waals surface area contributed by atoms with Gasteiger partial charge in [-0.2, -0.15) is 0 Å². The van der Waals surface area contributed by atoms with Gasteiger partial charge in [-0.3, -0.25) is 4.98 Å². The maximum Gasteiger partial charge on any atom is 0.204 e. The number of anilines is 1. The molecule has 0 bridgehead atoms. The van der Waals surface area contributed by atoms with Crippen molar-refractivity contribution in [1.82, 2.24) is 9.88 Å². The van der Waals surface area contributed by atoms with Crippen LogP contribution in [0.5, 0.6) is 0 Å². The molecule has 2 aliphatic heterocycles. The lowest BCUT2D eigenvalue weighted by atomic mass is 10.0. The highest BCUT2D eigenvalue weighted by molar-refractivity contribution is 5.91. The average molecular weight is 371 g/mol. The van der Waals surface area contributed by atoms with Gasteiger partial charge in [-0.1, -0.05) is 12.1 Å². The van der Waals surface area contributed by atoms with Gasteiger partial charge in [0.1, 0.15) is 5.60 Å². The van der Waals surface area contributed by atoms with Crippen LogP contribution in [0.4, 0.5) is 5.69 Å². The third-order valence-electron chi connectivity index (χ3n) is 5.36. The third kappa shape index (κ3) is 4.24. The molecule has 2 fully saturated rings. The molecule has 0 amide bonds. The van der Waals surface area contributed by atoms with Gasteiger partial charge in [0.25, 0.3) is 0 Å². The first kappa shape index (κ1) is 18.6. The molecule has 0 radical (unpaired) electrons. The van der Waals surface area contributed by atoms with E-state index in [9.17, 15) is 0 Å². The van der Waals surface area contributed by atoms with Crippen LogP contribution in [0.1, 0.15) is 32.3 Å². The van der Waals surface area contributed by atoms with Crippen LogP contribution in [0.15, 0.2) is 30.5 Å². The summed E-state index contributed by atoms with van der Waals surface area (Å²) in [6, 6.07) is 8.44. The number of likely N-dealkylation sites (tertiary alicyclic amines) is 1. The zero-order valence-electron chi connectivity index (χ0n) is 16.5. The van der Waals surface area contributed by atoms with Crippen LogP contribution in [-0.4, -0.2) is 54.1 Å². The van der Waals surface area contributed by atoms with E-state index < -0.39 is 5.79 Å². The van der Waals surface area contributed by atoms with E-state index in [1.165, 1.54) is 10.9 Å². The summed E-state index contributed by atoms with van der Waals surface area (Å²) in [5.41, 5.74) is 3.05. The number of aromatic nitrogens is 1. The van der Waals surface area contributed by atoms with Crippen LogP contribution < -0.4 is 5.32 Å². The summed E-state index contributed by atoms with van der Waals surface area (Å²) in [5, 5.41) is 4.74. The number of rotatable bonds is 4. The molecule has 2 aliphatic rings. The van der Waals surface area contributed by atoms with E-state index in [1.807, 2.05) is 26.1 Å². The molecule has 1 N–H and O–H groups in total. The lowest BCUT2D eigenvalue weighted by Crippen LogP contribution is -2.55. The fourth-order valence-electron chi connectivity index (χ4n) is 3.65. The predicted octanol–water partition coefficient (Wildman–Crippen LogP) is 3.50. The molecule has 4 rings (SSSR count). The Kier molecular flexibility index (Phi) is 5.07. The van der Waals surface area contributed by atoms with Crippen LogP contribution in [0.2, 0.25) is 0 Å². The Hall–Kier alpha value is -1.73. The average Bonchev–Trinajstić information content (AvgIpc) is 2.66. The molecule has 3 heterocycles. The van der Waals surface area contributed by atoms with Crippen LogP contribution in [0.3, 0.4) is 0 Å². The van der Waals surface area contributed by atoms with E-state index in [2.05, 4.69) is 40.3 Å². The van der Waals surface area contributed by atoms with E-state index in [1.54, 1.807) is 0 Å². The Bertz CT molecular complexity index is 788. The Balaban J connectivity index is 1.28. The first-order valence-corrected chi connectivity index (χ1v) is 9.77. The van der Waals surface area contributed by atoms with Gasteiger partial charge in [-0.15, -0.1) is 0 Å². The fraction of sp³-hybridized carbons (Fsp3) is 0.571. The lowest BCUT2D eigenvalue weighted by molar-refractivity contribution is -0.511. The highest BCUT2D eigenvalue weighted by atomic mass is 17.2. The Morgan fingerprint density at radius 1 is 1.15 bits per heavy atom. The van der Waals surface area contributed by atoms with Crippen molar-refractivity contribution >= 4 is 16.6 Å². The highest BCUT2D eigenvalue weighted by Crippen LogP contribution is 2.34. The van der Waals surface area contributed by atoms with E-state index in [-0.39, 0.29) is 5.60 Å². The second kappa shape index (κ2) is 7.36. The standard InChI is InChI=1S/C21H29N3O3/c1-16-4-5-17-18(6-9-22-19(17)14-16)23-10-13-24-11-7-21(8-12-24)25-15-20(2,3)26-27-21/h4-6,9,14H,7-8,10-13,15H2,1-3H3,(H,22,23). The zero-order valence-corrected chi connectivity index (χ0v) is 16.5. The Labute approximate surface area is 160 Å². The summed E-state index contributed by atoms with van der Waals surface area (Å²) in [4.78, 5) is 18.1. The van der Waals surface area contributed by atoms with Gasteiger partial charge in [0.2, 0.25) is 5.79 Å². The Morgan fingerprint density at radius 2 is 1.96 bits per heavy atom. The predicted molar refractivity (Wildman–Crippen MR) is 106 cm³/mol. The summed E-state index contributed by atoms with van der Waals surface area (Å²) < 4.78 is 6.01. The van der Waals surface area contributed by atoms with Crippen molar-refractivity contribution in [3.05, 3.63) is 36.0 Å². The molecular weight excluding hydrogens is 342 g/mol. The molecule has 1 aromatic carbocycles. The molecule has 1 aromatic heterocycles. The van der Waals surface area contributed by atoms with Gasteiger partial charge in [0.15, 0.2) is 0 Å². The van der Waals surface area contributed by atoms with Crippen molar-refractivity contribution in [1.29, 1.82) is 0 Å². The summed E-state index contributed by atoms with van der Waals surface area (Å²) in [5.74, 6) is -0.557. The number of hydrogen-bond acceptors (Lipinski definition) is 6. The number of aryl methyl sites for hydroxylation is 1. The third-order valence-corrected chi connectivity index (χ3v) is 5.36. The number of fused-ring (bicyclic) bond motifs is 1. The summed E-state index contributed by atoms with van der Waals surface area (Å²) >= 11 is 0. The molecule has 2 saturated heterocycles. The summed E-state index contributed by atoms with van der Waals surface area (Å²) in [6.07, 6.45) is 3.54. The minimum Gasteiger partial charge on any atom is -0.383 e. The molecule has 0 unspecified atom stereocenters. The van der Waals surface area contributed by atoms with Crippen molar-refractivity contribution in [2.75, 3.05) is 38.1 Å². The molecule has 27 heavy (non-hydrogen) atoms. The van der Waals surface area contributed by atoms with Gasteiger partial charge in [-0.05, 0) is 38.5 Å². The van der Waals surface area contributed by atoms with Crippen molar-refractivity contribution in [3.63, 3.8) is 0 Å². The molecule has 0 aliphatic carbocycles. The maximum absolute atomic E-state index is 6.01. The number of ether oxygens (including phenoxy) is 1. The number of nitrogens with one attached hydrogen (secondary N) is 1. The zero-order chi connectivity index (χ0) is 18.9. The van der Waals surface area contributed by atoms with Gasteiger partial charge in [-0.25, -0.2) is 9.78 Å². The van der Waals surface area contributed by atoms with E-state index in [0.29, 0.717) is 6.61 Å². The first-order chi connectivity index (χ1) is 12.9. The first-order valence-electron chi connectivity index (χ1n) is 9.77. The fourth-order valence-corrected chi connectivity index (χ4v) is 3.65. The minimum atomic E-state index is -0.557. The van der Waals surface area contributed by atoms with Crippen molar-refractivity contribution in [2.45, 2.75) is 45.0 Å². The van der Waals surface area contributed by atoms with Crippen LogP contribution >= 0.6 is 0 Å². The molecule has 6 heteroatoms. The normalized spacial score (nSPS) is 22.2. The van der Waals surface area contributed by atoms with Crippen LogP contribution in [0.25, 0.3) is 10.9 Å². The summed E-state index contributed by atoms with van der Waals surface area (Å²) in [7, 11) is 0. The maximum atomic E-state index is 6.01. The van der Waals surface area contributed by atoms with Gasteiger partial charge in [0.05, 0.1) is 12.1 Å². The van der Waals surface area contributed by atoms with Crippen LogP contribution in [0, 0.1) is 6.92 Å². The Morgan fingerprint density at radius 3 is 2.70 bits per heavy atom. The molecular formula is C21H29N3O3. The molecule has 2 aromatic rings. The van der Waals surface area contributed by atoms with Gasteiger partial charge >= 0.3 is 0 Å². The molecule has 1 spiro atoms. The van der Waals surface area contributed by atoms with Crippen molar-refractivity contribution in [3.8, 4) is 0 Å². The topological polar surface area (TPSA) is 55.9 Å². The molecule has 6 nitrogen and oxygen atoms in total. The number of nitrogens with zero attached hydrogens (tertiary/aromatic N) is 2. The SMILES string of the molecule is Cc1ccc2c(NCCN3CCC4(CC3)OCC(C)(C)OO4)ccnc2c1. The number of hydrogen-bond donors (Lipinski definition) is 1. The van der Waals surface area contributed by atoms with Crippen LogP contribution in [-0.2, 0) is 14.5 Å². The summed E-state index contributed by atoms with van der Waals surface area (Å²) in [6.45, 7) is 10.4. The van der Waals surface area contributed by atoms with E-state index in [0.717, 1.165) is 50.2 Å². The quantitative estimate of drug-likeness (QED) is 0.830. The largest absolute Gasteiger partial charge is 0.383 e. The number of pyridine rings is 1.